The molecule has 0 aliphatic carbocycles. The van der Waals surface area contributed by atoms with Crippen molar-refractivity contribution in [2.45, 2.75) is 20.4 Å². The van der Waals surface area contributed by atoms with Crippen LogP contribution < -0.4 is 9.47 Å². The molecule has 0 saturated heterocycles. The molecule has 0 N–H and O–H groups in total. The molecule has 0 amide bonds. The number of azo groups is 1. The quantitative estimate of drug-likeness (QED) is 0.168. The maximum Gasteiger partial charge on any atom is 0.272 e. The lowest BCUT2D eigenvalue weighted by atomic mass is 10.1. The molecule has 31 heavy (non-hydrogen) atoms. The Kier molecular flexibility index (Phi) is 7.55. The van der Waals surface area contributed by atoms with Crippen molar-refractivity contribution in [3.63, 3.8) is 0 Å². The summed E-state index contributed by atoms with van der Waals surface area (Å²) in [7, 11) is 0. The molecule has 160 valence electrons. The van der Waals surface area contributed by atoms with Gasteiger partial charge in [-0.15, -0.1) is 5.11 Å². The van der Waals surface area contributed by atoms with Crippen LogP contribution in [-0.2, 0) is 6.54 Å². The predicted octanol–water partition coefficient (Wildman–Crippen LogP) is 6.44. The van der Waals surface area contributed by atoms with Gasteiger partial charge in [-0.3, -0.25) is 10.1 Å². The van der Waals surface area contributed by atoms with Gasteiger partial charge in [0.2, 0.25) is 0 Å². The van der Waals surface area contributed by atoms with Gasteiger partial charge in [-0.2, -0.15) is 5.11 Å². The molecule has 0 unspecified atom stereocenters. The molecule has 0 atom stereocenters. The Labute approximate surface area is 190 Å². The Morgan fingerprint density at radius 2 is 1.74 bits per heavy atom. The fourth-order valence-corrected chi connectivity index (χ4v) is 3.65. The number of hydrogen-bond acceptors (Lipinski definition) is 5. The van der Waals surface area contributed by atoms with Gasteiger partial charge < -0.3 is 4.90 Å². The van der Waals surface area contributed by atoms with E-state index in [-0.39, 0.29) is 21.4 Å². The van der Waals surface area contributed by atoms with Crippen molar-refractivity contribution in [3.8, 4) is 0 Å². The largest absolute Gasteiger partial charge is 0.365 e. The first-order chi connectivity index (χ1) is 14.9. The van der Waals surface area contributed by atoms with Crippen LogP contribution >= 0.6 is 23.2 Å². The standard InChI is InChI=1S/C22H22Cl2N5O2/c1-3-28(12-11-27-9-5-4-6-10-27)17-7-8-21(16(2)13-17)25-26-22-19(23)14-18(29(30)31)15-20(22)24/h4-10,13-15H,3,11-12H2,1-2H3/q+1. The third kappa shape index (κ3) is 5.77. The number of halogens is 2. The minimum atomic E-state index is -0.558. The molecule has 9 heteroatoms. The minimum Gasteiger partial charge on any atom is -0.365 e. The van der Waals surface area contributed by atoms with E-state index in [4.69, 9.17) is 23.2 Å². The lowest BCUT2D eigenvalue weighted by Gasteiger charge is -2.22. The van der Waals surface area contributed by atoms with Crippen LogP contribution in [0.3, 0.4) is 0 Å². The minimum absolute atomic E-state index is 0.0767. The van der Waals surface area contributed by atoms with Gasteiger partial charge in [0.15, 0.2) is 18.9 Å². The van der Waals surface area contributed by atoms with Crippen LogP contribution in [0.25, 0.3) is 0 Å². The monoisotopic (exact) mass is 458 g/mol. The van der Waals surface area contributed by atoms with Gasteiger partial charge in [-0.25, -0.2) is 4.57 Å². The molecule has 0 radical (unpaired) electrons. The second-order valence-electron chi connectivity index (χ2n) is 6.88. The van der Waals surface area contributed by atoms with Gasteiger partial charge >= 0.3 is 0 Å². The molecular formula is C22H22Cl2N5O2+. The Hall–Kier alpha value is -3.03. The first kappa shape index (κ1) is 22.7. The first-order valence-electron chi connectivity index (χ1n) is 9.74. The number of nitrogens with zero attached hydrogens (tertiary/aromatic N) is 5. The van der Waals surface area contributed by atoms with Gasteiger partial charge in [-0.05, 0) is 37.6 Å². The second kappa shape index (κ2) is 10.3. The summed E-state index contributed by atoms with van der Waals surface area (Å²) in [5.74, 6) is 0. The molecule has 1 heterocycles. The Bertz CT molecular complexity index is 1080. The van der Waals surface area contributed by atoms with Crippen molar-refractivity contribution in [2.24, 2.45) is 10.2 Å². The number of benzene rings is 2. The van der Waals surface area contributed by atoms with Crippen LogP contribution in [0.5, 0.6) is 0 Å². The number of aryl methyl sites for hydroxylation is 1. The van der Waals surface area contributed by atoms with Gasteiger partial charge in [0.05, 0.1) is 27.2 Å². The molecule has 7 nitrogen and oxygen atoms in total. The fourth-order valence-electron chi connectivity index (χ4n) is 3.09. The lowest BCUT2D eigenvalue weighted by molar-refractivity contribution is -0.694. The zero-order chi connectivity index (χ0) is 22.4. The molecule has 0 saturated carbocycles. The molecule has 3 aromatic rings. The zero-order valence-electron chi connectivity index (χ0n) is 17.2. The maximum absolute atomic E-state index is 10.9. The summed E-state index contributed by atoms with van der Waals surface area (Å²) in [6.07, 6.45) is 4.11. The number of nitro groups is 1. The molecule has 0 bridgehead atoms. The Morgan fingerprint density at radius 3 is 2.32 bits per heavy atom. The number of rotatable bonds is 8. The Morgan fingerprint density at radius 1 is 1.06 bits per heavy atom. The van der Waals surface area contributed by atoms with Crippen LogP contribution in [0.1, 0.15) is 12.5 Å². The van der Waals surface area contributed by atoms with Gasteiger partial charge in [-0.1, -0.05) is 29.3 Å². The van der Waals surface area contributed by atoms with E-state index < -0.39 is 4.92 Å². The summed E-state index contributed by atoms with van der Waals surface area (Å²) in [6.45, 7) is 6.71. The van der Waals surface area contributed by atoms with Crippen LogP contribution in [0.4, 0.5) is 22.7 Å². The van der Waals surface area contributed by atoms with Crippen LogP contribution in [0.2, 0.25) is 10.0 Å². The van der Waals surface area contributed by atoms with E-state index in [9.17, 15) is 10.1 Å². The van der Waals surface area contributed by atoms with E-state index in [1.54, 1.807) is 0 Å². The summed E-state index contributed by atoms with van der Waals surface area (Å²) in [5.41, 5.74) is 2.72. The van der Waals surface area contributed by atoms with Crippen LogP contribution in [0, 0.1) is 17.0 Å². The highest BCUT2D eigenvalue weighted by atomic mass is 35.5. The molecule has 0 aliphatic rings. The highest BCUT2D eigenvalue weighted by Gasteiger charge is 2.15. The maximum atomic E-state index is 10.9. The summed E-state index contributed by atoms with van der Waals surface area (Å²) >= 11 is 12.2. The molecule has 0 spiro atoms. The number of aromatic nitrogens is 1. The summed E-state index contributed by atoms with van der Waals surface area (Å²) < 4.78 is 2.15. The summed E-state index contributed by atoms with van der Waals surface area (Å²) in [5, 5.41) is 19.4. The zero-order valence-corrected chi connectivity index (χ0v) is 18.7. The van der Waals surface area contributed by atoms with Crippen molar-refractivity contribution in [1.82, 2.24) is 0 Å². The van der Waals surface area contributed by atoms with Gasteiger partial charge in [0.25, 0.3) is 5.69 Å². The molecule has 0 aliphatic heterocycles. The number of nitro benzene ring substituents is 1. The van der Waals surface area contributed by atoms with Crippen molar-refractivity contribution in [3.05, 3.63) is 86.6 Å². The predicted molar refractivity (Wildman–Crippen MR) is 123 cm³/mol. The van der Waals surface area contributed by atoms with Gasteiger partial charge in [0, 0.05) is 36.5 Å². The number of pyridine rings is 1. The topological polar surface area (TPSA) is 75.0 Å². The number of anilines is 1. The third-order valence-corrected chi connectivity index (χ3v) is 5.38. The summed E-state index contributed by atoms with van der Waals surface area (Å²) in [4.78, 5) is 12.6. The van der Waals surface area contributed by atoms with E-state index in [0.717, 1.165) is 30.9 Å². The van der Waals surface area contributed by atoms with Crippen molar-refractivity contribution < 1.29 is 9.49 Å². The Balaban J connectivity index is 1.76. The SMILES string of the molecule is CCN(CC[n+]1ccccc1)c1ccc(N=Nc2c(Cl)cc([N+](=O)[O-])cc2Cl)c(C)c1. The molecular weight excluding hydrogens is 437 g/mol. The second-order valence-corrected chi connectivity index (χ2v) is 7.69. The van der Waals surface area contributed by atoms with Crippen molar-refractivity contribution in [1.29, 1.82) is 0 Å². The third-order valence-electron chi connectivity index (χ3n) is 4.80. The highest BCUT2D eigenvalue weighted by molar-refractivity contribution is 6.39. The van der Waals surface area contributed by atoms with E-state index in [1.807, 2.05) is 37.3 Å². The van der Waals surface area contributed by atoms with E-state index in [1.165, 1.54) is 12.1 Å². The first-order valence-corrected chi connectivity index (χ1v) is 10.5. The molecule has 3 rings (SSSR count). The smallest absolute Gasteiger partial charge is 0.272 e. The van der Waals surface area contributed by atoms with E-state index >= 15 is 0 Å². The van der Waals surface area contributed by atoms with Crippen molar-refractivity contribution in [2.75, 3.05) is 18.0 Å². The average molecular weight is 459 g/mol. The van der Waals surface area contributed by atoms with Crippen LogP contribution in [0.15, 0.2) is 71.2 Å². The molecule has 1 aromatic heterocycles. The van der Waals surface area contributed by atoms with Crippen molar-refractivity contribution >= 4 is 46.0 Å². The molecule has 2 aromatic carbocycles. The fraction of sp³-hybridized carbons (Fsp3) is 0.227. The molecule has 0 fully saturated rings. The number of hydrogen-bond donors (Lipinski definition) is 0. The van der Waals surface area contributed by atoms with E-state index in [2.05, 4.69) is 45.1 Å². The van der Waals surface area contributed by atoms with Crippen LogP contribution in [-0.4, -0.2) is 18.0 Å². The summed E-state index contributed by atoms with van der Waals surface area (Å²) in [6, 6.07) is 14.4. The number of likely N-dealkylation sites (N-methyl/N-ethyl adjacent to an activating group) is 1. The van der Waals surface area contributed by atoms with Gasteiger partial charge in [0.1, 0.15) is 5.69 Å². The number of non-ortho nitro benzene ring substituents is 1. The lowest BCUT2D eigenvalue weighted by Crippen LogP contribution is -2.40. The highest BCUT2D eigenvalue weighted by Crippen LogP contribution is 2.38. The average Bonchev–Trinajstić information content (AvgIpc) is 2.75. The normalized spacial score (nSPS) is 11.1. The van der Waals surface area contributed by atoms with E-state index in [0.29, 0.717) is 5.69 Å².